The molecule has 2 heterocycles. The quantitative estimate of drug-likeness (QED) is 0.298. The number of hydrogen-bond acceptors (Lipinski definition) is 5. The van der Waals surface area contributed by atoms with E-state index < -0.39 is 0 Å². The normalized spacial score (nSPS) is 16.4. The van der Waals surface area contributed by atoms with Gasteiger partial charge < -0.3 is 9.30 Å². The molecule has 1 aliphatic rings. The van der Waals surface area contributed by atoms with Crippen molar-refractivity contribution < 1.29 is 9.13 Å². The Morgan fingerprint density at radius 2 is 1.60 bits per heavy atom. The highest BCUT2D eigenvalue weighted by atomic mass is 32.2. The van der Waals surface area contributed by atoms with Crippen LogP contribution in [-0.4, -0.2) is 51.2 Å². The van der Waals surface area contributed by atoms with Gasteiger partial charge in [0.05, 0.1) is 18.3 Å². The molecule has 0 radical (unpaired) electrons. The summed E-state index contributed by atoms with van der Waals surface area (Å²) in [5.41, 5.74) is 3.02. The van der Waals surface area contributed by atoms with Crippen LogP contribution in [0.1, 0.15) is 11.1 Å². The van der Waals surface area contributed by atoms with Gasteiger partial charge in [0.15, 0.2) is 11.0 Å². The van der Waals surface area contributed by atoms with Crippen molar-refractivity contribution in [3.8, 4) is 11.4 Å². The predicted octanol–water partition coefficient (Wildman–Crippen LogP) is 5.32. The van der Waals surface area contributed by atoms with Crippen molar-refractivity contribution in [1.29, 1.82) is 0 Å². The summed E-state index contributed by atoms with van der Waals surface area (Å²) in [6.07, 6.45) is 0.923. The van der Waals surface area contributed by atoms with Crippen molar-refractivity contribution in [1.82, 2.24) is 19.7 Å². The van der Waals surface area contributed by atoms with Crippen molar-refractivity contribution in [2.45, 2.75) is 30.8 Å². The Balaban J connectivity index is 1.29. The Bertz CT molecular complexity index is 1220. The number of halogens is 1. The van der Waals surface area contributed by atoms with Gasteiger partial charge in [0.2, 0.25) is 0 Å². The molecule has 5 nitrogen and oxygen atoms in total. The van der Waals surface area contributed by atoms with Gasteiger partial charge >= 0.3 is 0 Å². The highest BCUT2D eigenvalue weighted by Crippen LogP contribution is 2.27. The van der Waals surface area contributed by atoms with E-state index in [-0.39, 0.29) is 11.9 Å². The summed E-state index contributed by atoms with van der Waals surface area (Å²) in [7, 11) is 0. The number of ether oxygens (including phenoxy) is 1. The fourth-order valence-electron chi connectivity index (χ4n) is 4.36. The summed E-state index contributed by atoms with van der Waals surface area (Å²) in [6.45, 7) is 4.13. The molecule has 1 aliphatic heterocycles. The van der Waals surface area contributed by atoms with E-state index in [0.717, 1.165) is 43.6 Å². The Labute approximate surface area is 210 Å². The van der Waals surface area contributed by atoms with E-state index in [0.29, 0.717) is 17.9 Å². The maximum Gasteiger partial charge on any atom is 0.191 e. The molecule has 0 spiro atoms. The third-order valence-corrected chi connectivity index (χ3v) is 7.27. The van der Waals surface area contributed by atoms with Gasteiger partial charge in [0.25, 0.3) is 0 Å². The molecule has 0 bridgehead atoms. The van der Waals surface area contributed by atoms with E-state index in [9.17, 15) is 4.39 Å². The standard InChI is InChI=1S/C28H29FN4OS/c29-26-14-8-7-13-25(26)27-30-31-28(33(27)16-15-22-9-3-1-4-10-22)35-21-24-20-32(17-18-34-24)19-23-11-5-2-6-12-23/h1-14,24H,15-21H2/t24-/m0/s1. The van der Waals surface area contributed by atoms with Crippen LogP contribution in [0.25, 0.3) is 11.4 Å². The highest BCUT2D eigenvalue weighted by Gasteiger charge is 2.23. The summed E-state index contributed by atoms with van der Waals surface area (Å²) in [5, 5.41) is 9.65. The molecule has 1 aromatic heterocycles. The first kappa shape index (κ1) is 23.7. The maximum atomic E-state index is 14.6. The molecule has 180 valence electrons. The van der Waals surface area contributed by atoms with Gasteiger partial charge in [-0.25, -0.2) is 4.39 Å². The third-order valence-electron chi connectivity index (χ3n) is 6.17. The van der Waals surface area contributed by atoms with E-state index >= 15 is 0 Å². The molecule has 1 saturated heterocycles. The number of benzene rings is 3. The minimum absolute atomic E-state index is 0.105. The summed E-state index contributed by atoms with van der Waals surface area (Å²) < 4.78 is 22.7. The van der Waals surface area contributed by atoms with Crippen LogP contribution in [0, 0.1) is 5.82 Å². The summed E-state index contributed by atoms with van der Waals surface area (Å²) in [5.74, 6) is 1.05. The van der Waals surface area contributed by atoms with Crippen LogP contribution in [0.3, 0.4) is 0 Å². The average Bonchev–Trinajstić information content (AvgIpc) is 3.30. The van der Waals surface area contributed by atoms with Gasteiger partial charge in [0.1, 0.15) is 5.82 Å². The lowest BCUT2D eigenvalue weighted by atomic mass is 10.1. The van der Waals surface area contributed by atoms with Crippen molar-refractivity contribution >= 4 is 11.8 Å². The fourth-order valence-corrected chi connectivity index (χ4v) is 5.33. The van der Waals surface area contributed by atoms with Crippen LogP contribution in [0.4, 0.5) is 4.39 Å². The SMILES string of the molecule is Fc1ccccc1-c1nnc(SC[C@@H]2CN(Cc3ccccc3)CCO2)n1CCc1ccccc1. The zero-order valence-corrected chi connectivity index (χ0v) is 20.4. The second kappa shape index (κ2) is 11.6. The lowest BCUT2D eigenvalue weighted by molar-refractivity contribution is -0.0187. The molecule has 3 aromatic carbocycles. The Hall–Kier alpha value is -3.00. The lowest BCUT2D eigenvalue weighted by Crippen LogP contribution is -2.43. The van der Waals surface area contributed by atoms with E-state index in [1.807, 2.05) is 34.9 Å². The second-order valence-electron chi connectivity index (χ2n) is 8.70. The van der Waals surface area contributed by atoms with E-state index in [1.54, 1.807) is 23.9 Å². The number of rotatable bonds is 9. The summed E-state index contributed by atoms with van der Waals surface area (Å²) in [6, 6.07) is 27.6. The van der Waals surface area contributed by atoms with E-state index in [2.05, 4.69) is 51.5 Å². The van der Waals surface area contributed by atoms with Gasteiger partial charge in [-0.15, -0.1) is 10.2 Å². The zero-order valence-electron chi connectivity index (χ0n) is 19.6. The van der Waals surface area contributed by atoms with Crippen LogP contribution in [0.5, 0.6) is 0 Å². The molecule has 5 rings (SSSR count). The van der Waals surface area contributed by atoms with Crippen LogP contribution in [-0.2, 0) is 24.2 Å². The van der Waals surface area contributed by atoms with Crippen LogP contribution in [0.2, 0.25) is 0 Å². The number of morpholine rings is 1. The minimum Gasteiger partial charge on any atom is -0.375 e. The molecule has 0 saturated carbocycles. The Morgan fingerprint density at radius 3 is 2.37 bits per heavy atom. The molecular formula is C28H29FN4OS. The molecule has 35 heavy (non-hydrogen) atoms. The molecule has 1 atom stereocenters. The van der Waals surface area contributed by atoms with Gasteiger partial charge in [-0.1, -0.05) is 84.6 Å². The molecule has 0 aliphatic carbocycles. The number of thioether (sulfide) groups is 1. The van der Waals surface area contributed by atoms with Crippen LogP contribution >= 0.6 is 11.8 Å². The molecular weight excluding hydrogens is 459 g/mol. The number of nitrogens with zero attached hydrogens (tertiary/aromatic N) is 4. The fraction of sp³-hybridized carbons (Fsp3) is 0.286. The number of hydrogen-bond donors (Lipinski definition) is 0. The average molecular weight is 489 g/mol. The minimum atomic E-state index is -0.287. The monoisotopic (exact) mass is 488 g/mol. The first-order valence-electron chi connectivity index (χ1n) is 12.0. The highest BCUT2D eigenvalue weighted by molar-refractivity contribution is 7.99. The smallest absolute Gasteiger partial charge is 0.191 e. The van der Waals surface area contributed by atoms with Gasteiger partial charge in [-0.05, 0) is 29.7 Å². The third kappa shape index (κ3) is 6.17. The predicted molar refractivity (Wildman–Crippen MR) is 138 cm³/mol. The number of aromatic nitrogens is 3. The van der Waals surface area contributed by atoms with Crippen molar-refractivity contribution in [3.63, 3.8) is 0 Å². The summed E-state index contributed by atoms with van der Waals surface area (Å²) >= 11 is 1.63. The molecule has 4 aromatic rings. The molecule has 0 N–H and O–H groups in total. The zero-order chi connectivity index (χ0) is 23.9. The lowest BCUT2D eigenvalue weighted by Gasteiger charge is -2.32. The largest absolute Gasteiger partial charge is 0.375 e. The summed E-state index contributed by atoms with van der Waals surface area (Å²) in [4.78, 5) is 2.44. The van der Waals surface area contributed by atoms with Gasteiger partial charge in [-0.2, -0.15) is 0 Å². The first-order valence-corrected chi connectivity index (χ1v) is 13.0. The van der Waals surface area contributed by atoms with Gasteiger partial charge in [0, 0.05) is 31.9 Å². The van der Waals surface area contributed by atoms with E-state index in [4.69, 9.17) is 4.74 Å². The second-order valence-corrected chi connectivity index (χ2v) is 9.68. The molecule has 1 fully saturated rings. The van der Waals surface area contributed by atoms with E-state index in [1.165, 1.54) is 17.2 Å². The molecule has 0 unspecified atom stereocenters. The Kier molecular flexibility index (Phi) is 7.88. The van der Waals surface area contributed by atoms with Crippen LogP contribution in [0.15, 0.2) is 90.1 Å². The topological polar surface area (TPSA) is 43.2 Å². The first-order chi connectivity index (χ1) is 17.3. The maximum absolute atomic E-state index is 14.6. The van der Waals surface area contributed by atoms with Crippen molar-refractivity contribution in [3.05, 3.63) is 102 Å². The van der Waals surface area contributed by atoms with Crippen molar-refractivity contribution in [2.75, 3.05) is 25.4 Å². The number of aryl methyl sites for hydroxylation is 1. The molecule has 7 heteroatoms. The van der Waals surface area contributed by atoms with Gasteiger partial charge in [-0.3, -0.25) is 4.90 Å². The van der Waals surface area contributed by atoms with Crippen molar-refractivity contribution in [2.24, 2.45) is 0 Å². The van der Waals surface area contributed by atoms with Crippen LogP contribution < -0.4 is 0 Å². The Morgan fingerprint density at radius 1 is 0.886 bits per heavy atom. The molecule has 0 amide bonds.